The van der Waals surface area contributed by atoms with Crippen molar-refractivity contribution in [3.05, 3.63) is 75.3 Å². The van der Waals surface area contributed by atoms with Crippen molar-refractivity contribution in [2.75, 3.05) is 6.61 Å². The molecular formula is C26H27N5O4. The molecule has 0 saturated carbocycles. The minimum atomic E-state index is -0.835. The Balaban J connectivity index is 2.07. The number of carbonyl (C=O) groups excluding carboxylic acids is 2. The van der Waals surface area contributed by atoms with E-state index in [1.807, 2.05) is 50.2 Å². The number of esters is 1. The van der Waals surface area contributed by atoms with E-state index in [2.05, 4.69) is 16.9 Å². The first-order valence-corrected chi connectivity index (χ1v) is 11.4. The number of benzene rings is 2. The number of fused-ring (bicyclic) bond motifs is 1. The highest BCUT2D eigenvalue weighted by Crippen LogP contribution is 2.25. The third-order valence-electron chi connectivity index (χ3n) is 5.96. The van der Waals surface area contributed by atoms with Gasteiger partial charge < -0.3 is 10.5 Å². The minimum absolute atomic E-state index is 0.0858. The molecule has 2 heterocycles. The van der Waals surface area contributed by atoms with Crippen LogP contribution in [0.25, 0.3) is 28.2 Å². The van der Waals surface area contributed by atoms with Gasteiger partial charge in [0.1, 0.15) is 12.1 Å². The van der Waals surface area contributed by atoms with Crippen molar-refractivity contribution in [1.29, 1.82) is 0 Å². The monoisotopic (exact) mass is 473 g/mol. The summed E-state index contributed by atoms with van der Waals surface area (Å²) in [5, 5.41) is 0. The number of ether oxygens (including phenoxy) is 1. The van der Waals surface area contributed by atoms with Crippen molar-refractivity contribution in [1.82, 2.24) is 19.1 Å². The summed E-state index contributed by atoms with van der Waals surface area (Å²) in [5.41, 5.74) is 9.66. The average molecular weight is 474 g/mol. The largest absolute Gasteiger partial charge is 0.465 e. The van der Waals surface area contributed by atoms with Crippen molar-refractivity contribution in [2.45, 2.75) is 40.7 Å². The SMILES string of the molecule is CCOC(=O)Cn1c(=O)n(-c2ccc(C)c(C)c2)c2nc(-c3ccc(CC)cc3)nc(C(N)=O)c21. The molecule has 4 rings (SSSR count). The Morgan fingerprint density at radius 3 is 2.31 bits per heavy atom. The lowest BCUT2D eigenvalue weighted by Crippen LogP contribution is -2.28. The Bertz CT molecular complexity index is 1500. The first-order valence-electron chi connectivity index (χ1n) is 11.4. The Labute approximate surface area is 202 Å². The van der Waals surface area contributed by atoms with Gasteiger partial charge in [-0.25, -0.2) is 19.3 Å². The number of hydrogen-bond acceptors (Lipinski definition) is 6. The van der Waals surface area contributed by atoms with Crippen LogP contribution in [-0.4, -0.2) is 37.6 Å². The van der Waals surface area contributed by atoms with Gasteiger partial charge in [0, 0.05) is 5.56 Å². The number of aromatic nitrogens is 4. The fraction of sp³-hybridized carbons (Fsp3) is 0.269. The van der Waals surface area contributed by atoms with Gasteiger partial charge in [-0.2, -0.15) is 0 Å². The molecule has 0 radical (unpaired) electrons. The molecule has 0 spiro atoms. The molecule has 2 aromatic heterocycles. The molecule has 2 N–H and O–H groups in total. The molecule has 4 aromatic rings. The molecule has 0 aliphatic rings. The smallest absolute Gasteiger partial charge is 0.335 e. The quantitative estimate of drug-likeness (QED) is 0.412. The molecule has 180 valence electrons. The summed E-state index contributed by atoms with van der Waals surface area (Å²) in [6.45, 7) is 7.38. The zero-order valence-electron chi connectivity index (χ0n) is 20.2. The fourth-order valence-electron chi connectivity index (χ4n) is 3.92. The van der Waals surface area contributed by atoms with Gasteiger partial charge in [0.05, 0.1) is 12.3 Å². The number of primary amides is 1. The van der Waals surface area contributed by atoms with Crippen LogP contribution in [0.15, 0.2) is 47.3 Å². The van der Waals surface area contributed by atoms with Crippen LogP contribution in [0.3, 0.4) is 0 Å². The van der Waals surface area contributed by atoms with E-state index in [1.165, 1.54) is 4.57 Å². The van der Waals surface area contributed by atoms with E-state index in [0.29, 0.717) is 11.3 Å². The zero-order chi connectivity index (χ0) is 25.3. The summed E-state index contributed by atoms with van der Waals surface area (Å²) in [7, 11) is 0. The lowest BCUT2D eigenvalue weighted by Gasteiger charge is -2.09. The van der Waals surface area contributed by atoms with Crippen LogP contribution < -0.4 is 11.4 Å². The maximum absolute atomic E-state index is 13.6. The van der Waals surface area contributed by atoms with Gasteiger partial charge >= 0.3 is 11.7 Å². The lowest BCUT2D eigenvalue weighted by atomic mass is 10.1. The van der Waals surface area contributed by atoms with Crippen LogP contribution in [0.1, 0.15) is 41.0 Å². The molecule has 9 nitrogen and oxygen atoms in total. The van der Waals surface area contributed by atoms with E-state index in [0.717, 1.165) is 27.7 Å². The standard InChI is InChI=1S/C26H27N5O4/c1-5-17-8-10-18(11-9-17)24-28-21(23(27)33)22-25(29-24)31(19-12-7-15(3)16(4)13-19)26(34)30(22)14-20(32)35-6-2/h7-13H,5-6,14H2,1-4H3,(H2,27,33). The van der Waals surface area contributed by atoms with Gasteiger partial charge in [-0.3, -0.25) is 14.2 Å². The first kappa shape index (κ1) is 23.9. The molecule has 0 atom stereocenters. The molecule has 35 heavy (non-hydrogen) atoms. The van der Waals surface area contributed by atoms with Crippen molar-refractivity contribution in [2.24, 2.45) is 5.73 Å². The second-order valence-electron chi connectivity index (χ2n) is 8.26. The topological polar surface area (TPSA) is 122 Å². The van der Waals surface area contributed by atoms with E-state index < -0.39 is 24.1 Å². The number of rotatable bonds is 7. The number of nitrogens with zero attached hydrogens (tertiary/aromatic N) is 4. The summed E-state index contributed by atoms with van der Waals surface area (Å²) < 4.78 is 7.57. The van der Waals surface area contributed by atoms with Gasteiger partial charge in [-0.1, -0.05) is 37.3 Å². The predicted octanol–water partition coefficient (Wildman–Crippen LogP) is 3.09. The third kappa shape index (κ3) is 4.44. The number of imidazole rings is 1. The van der Waals surface area contributed by atoms with E-state index in [4.69, 9.17) is 10.5 Å². The molecule has 0 saturated heterocycles. The van der Waals surface area contributed by atoms with Crippen molar-refractivity contribution in [3.63, 3.8) is 0 Å². The molecular weight excluding hydrogens is 446 g/mol. The minimum Gasteiger partial charge on any atom is -0.465 e. The van der Waals surface area contributed by atoms with Crippen LogP contribution in [0.5, 0.6) is 0 Å². The molecule has 9 heteroatoms. The Morgan fingerprint density at radius 2 is 1.71 bits per heavy atom. The van der Waals surface area contributed by atoms with Crippen LogP contribution in [-0.2, 0) is 22.5 Å². The second kappa shape index (κ2) is 9.54. The molecule has 0 unspecified atom stereocenters. The maximum Gasteiger partial charge on any atom is 0.335 e. The Hall–Kier alpha value is -4.27. The van der Waals surface area contributed by atoms with Gasteiger partial charge in [0.15, 0.2) is 17.2 Å². The summed E-state index contributed by atoms with van der Waals surface area (Å²) >= 11 is 0. The lowest BCUT2D eigenvalue weighted by molar-refractivity contribution is -0.143. The fourth-order valence-corrected chi connectivity index (χ4v) is 3.92. The number of nitrogens with two attached hydrogens (primary N) is 1. The first-order chi connectivity index (χ1) is 16.7. The average Bonchev–Trinajstić information content (AvgIpc) is 3.11. The van der Waals surface area contributed by atoms with E-state index in [1.54, 1.807) is 13.0 Å². The molecule has 0 fully saturated rings. The van der Waals surface area contributed by atoms with Gasteiger partial charge in [-0.15, -0.1) is 0 Å². The normalized spacial score (nSPS) is 11.1. The second-order valence-corrected chi connectivity index (χ2v) is 8.26. The third-order valence-corrected chi connectivity index (χ3v) is 5.96. The van der Waals surface area contributed by atoms with Gasteiger partial charge in [0.25, 0.3) is 5.91 Å². The zero-order valence-corrected chi connectivity index (χ0v) is 20.2. The number of amides is 1. The molecule has 0 bridgehead atoms. The summed E-state index contributed by atoms with van der Waals surface area (Å²) in [5.74, 6) is -1.21. The van der Waals surface area contributed by atoms with Crippen LogP contribution >= 0.6 is 0 Å². The van der Waals surface area contributed by atoms with Crippen LogP contribution in [0.4, 0.5) is 0 Å². The summed E-state index contributed by atoms with van der Waals surface area (Å²) in [6, 6.07) is 13.2. The van der Waals surface area contributed by atoms with E-state index in [-0.39, 0.29) is 29.3 Å². The van der Waals surface area contributed by atoms with Crippen LogP contribution in [0, 0.1) is 13.8 Å². The van der Waals surface area contributed by atoms with Crippen molar-refractivity contribution < 1.29 is 14.3 Å². The number of carbonyl (C=O) groups is 2. The number of aryl methyl sites for hydroxylation is 3. The highest BCUT2D eigenvalue weighted by Gasteiger charge is 2.25. The van der Waals surface area contributed by atoms with Gasteiger partial charge in [-0.05, 0) is 56.0 Å². The Morgan fingerprint density at radius 1 is 1.00 bits per heavy atom. The predicted molar refractivity (Wildman–Crippen MR) is 133 cm³/mol. The van der Waals surface area contributed by atoms with E-state index >= 15 is 0 Å². The highest BCUT2D eigenvalue weighted by atomic mass is 16.5. The van der Waals surface area contributed by atoms with Gasteiger partial charge in [0.2, 0.25) is 0 Å². The van der Waals surface area contributed by atoms with Crippen molar-refractivity contribution >= 4 is 23.0 Å². The molecule has 1 amide bonds. The van der Waals surface area contributed by atoms with Crippen LogP contribution in [0.2, 0.25) is 0 Å². The molecule has 2 aromatic carbocycles. The van der Waals surface area contributed by atoms with Crippen molar-refractivity contribution in [3.8, 4) is 17.1 Å². The highest BCUT2D eigenvalue weighted by molar-refractivity contribution is 6.02. The van der Waals surface area contributed by atoms with E-state index in [9.17, 15) is 14.4 Å². The Kier molecular flexibility index (Phi) is 6.50. The number of hydrogen-bond donors (Lipinski definition) is 1. The summed E-state index contributed by atoms with van der Waals surface area (Å²) in [4.78, 5) is 47.6. The maximum atomic E-state index is 13.6. The summed E-state index contributed by atoms with van der Waals surface area (Å²) in [6.07, 6.45) is 0.871. The molecule has 0 aliphatic heterocycles. The molecule has 0 aliphatic carbocycles.